The Morgan fingerprint density at radius 2 is 2.39 bits per heavy atom. The average molecular weight is 266 g/mol. The van der Waals surface area contributed by atoms with Gasteiger partial charge in [0.25, 0.3) is 0 Å². The van der Waals surface area contributed by atoms with Crippen LogP contribution in [-0.4, -0.2) is 22.5 Å². The zero-order valence-corrected chi connectivity index (χ0v) is 10.7. The van der Waals surface area contributed by atoms with E-state index in [0.29, 0.717) is 17.7 Å². The molecule has 0 amide bonds. The SMILES string of the molecule is CCC(N)CNc1ccc2scnc2c1[N+](=O)[O-]. The third-order valence-corrected chi connectivity index (χ3v) is 3.53. The summed E-state index contributed by atoms with van der Waals surface area (Å²) in [5.41, 5.74) is 8.33. The van der Waals surface area contributed by atoms with Crippen molar-refractivity contribution in [1.29, 1.82) is 0 Å². The molecule has 2 rings (SSSR count). The fraction of sp³-hybridized carbons (Fsp3) is 0.364. The molecule has 0 saturated heterocycles. The van der Waals surface area contributed by atoms with Crippen LogP contribution in [-0.2, 0) is 0 Å². The van der Waals surface area contributed by atoms with Crippen molar-refractivity contribution >= 4 is 32.9 Å². The van der Waals surface area contributed by atoms with Gasteiger partial charge in [-0.05, 0) is 18.6 Å². The van der Waals surface area contributed by atoms with Gasteiger partial charge >= 0.3 is 5.69 Å². The second-order valence-corrected chi connectivity index (χ2v) is 4.85. The molecule has 0 radical (unpaired) electrons. The molecule has 7 heteroatoms. The number of aromatic nitrogens is 1. The number of nitrogens with zero attached hydrogens (tertiary/aromatic N) is 2. The van der Waals surface area contributed by atoms with Crippen molar-refractivity contribution in [3.63, 3.8) is 0 Å². The predicted molar refractivity (Wildman–Crippen MR) is 73.0 cm³/mol. The summed E-state index contributed by atoms with van der Waals surface area (Å²) in [6.07, 6.45) is 0.819. The standard InChI is InChI=1S/C11H14N4O2S/c1-2-7(12)5-13-8-3-4-9-10(14-6-18-9)11(8)15(16)17/h3-4,6-7,13H,2,5,12H2,1H3. The number of hydrogen-bond donors (Lipinski definition) is 2. The van der Waals surface area contributed by atoms with Gasteiger partial charge in [-0.3, -0.25) is 10.1 Å². The highest BCUT2D eigenvalue weighted by atomic mass is 32.1. The number of nitro groups is 1. The van der Waals surface area contributed by atoms with Gasteiger partial charge in [-0.1, -0.05) is 6.92 Å². The molecule has 1 atom stereocenters. The fourth-order valence-electron chi connectivity index (χ4n) is 1.63. The molecule has 0 aliphatic heterocycles. The molecule has 0 bridgehead atoms. The zero-order chi connectivity index (χ0) is 13.1. The van der Waals surface area contributed by atoms with Gasteiger partial charge < -0.3 is 11.1 Å². The molecular weight excluding hydrogens is 252 g/mol. The minimum Gasteiger partial charge on any atom is -0.378 e. The summed E-state index contributed by atoms with van der Waals surface area (Å²) >= 11 is 1.39. The summed E-state index contributed by atoms with van der Waals surface area (Å²) in [6.45, 7) is 2.48. The first-order valence-electron chi connectivity index (χ1n) is 5.63. The maximum absolute atomic E-state index is 11.1. The van der Waals surface area contributed by atoms with Crippen LogP contribution in [0, 0.1) is 10.1 Å². The molecular formula is C11H14N4O2S. The Labute approximate surface area is 108 Å². The van der Waals surface area contributed by atoms with Crippen LogP contribution in [0.1, 0.15) is 13.3 Å². The molecule has 3 N–H and O–H groups in total. The van der Waals surface area contributed by atoms with Crippen molar-refractivity contribution < 1.29 is 4.92 Å². The summed E-state index contributed by atoms with van der Waals surface area (Å²) in [7, 11) is 0. The van der Waals surface area contributed by atoms with E-state index in [1.807, 2.05) is 13.0 Å². The van der Waals surface area contributed by atoms with Crippen LogP contribution in [0.4, 0.5) is 11.4 Å². The molecule has 6 nitrogen and oxygen atoms in total. The Hall–Kier alpha value is -1.73. The van der Waals surface area contributed by atoms with Crippen molar-refractivity contribution in [3.05, 3.63) is 27.8 Å². The van der Waals surface area contributed by atoms with Gasteiger partial charge in [-0.25, -0.2) is 4.98 Å². The van der Waals surface area contributed by atoms with E-state index in [9.17, 15) is 10.1 Å². The average Bonchev–Trinajstić information content (AvgIpc) is 2.82. The van der Waals surface area contributed by atoms with Crippen molar-refractivity contribution in [2.24, 2.45) is 5.73 Å². The van der Waals surface area contributed by atoms with Gasteiger partial charge in [0.1, 0.15) is 5.69 Å². The molecule has 2 aromatic rings. The maximum Gasteiger partial charge on any atom is 0.319 e. The summed E-state index contributed by atoms with van der Waals surface area (Å²) in [4.78, 5) is 14.8. The van der Waals surface area contributed by atoms with Crippen LogP contribution in [0.5, 0.6) is 0 Å². The number of nitrogens with one attached hydrogen (secondary N) is 1. The molecule has 1 aromatic heterocycles. The van der Waals surface area contributed by atoms with Crippen LogP contribution in [0.2, 0.25) is 0 Å². The third kappa shape index (κ3) is 2.41. The van der Waals surface area contributed by atoms with Crippen molar-refractivity contribution in [2.45, 2.75) is 19.4 Å². The van der Waals surface area contributed by atoms with Crippen molar-refractivity contribution in [3.8, 4) is 0 Å². The van der Waals surface area contributed by atoms with Gasteiger partial charge in [0, 0.05) is 12.6 Å². The van der Waals surface area contributed by atoms with E-state index in [1.54, 1.807) is 11.6 Å². The Balaban J connectivity index is 2.37. The monoisotopic (exact) mass is 266 g/mol. The minimum atomic E-state index is -0.401. The number of hydrogen-bond acceptors (Lipinski definition) is 6. The van der Waals surface area contributed by atoms with Gasteiger partial charge in [0.2, 0.25) is 0 Å². The lowest BCUT2D eigenvalue weighted by Crippen LogP contribution is -2.28. The Kier molecular flexibility index (Phi) is 3.73. The van der Waals surface area contributed by atoms with Gasteiger partial charge in [-0.15, -0.1) is 11.3 Å². The van der Waals surface area contributed by atoms with Gasteiger partial charge in [-0.2, -0.15) is 0 Å². The summed E-state index contributed by atoms with van der Waals surface area (Å²) in [6, 6.07) is 3.52. The summed E-state index contributed by atoms with van der Waals surface area (Å²) in [5, 5.41) is 14.2. The number of fused-ring (bicyclic) bond motifs is 1. The minimum absolute atomic E-state index is 0.0178. The van der Waals surface area contributed by atoms with Gasteiger partial charge in [0.05, 0.1) is 15.1 Å². The van der Waals surface area contributed by atoms with E-state index in [1.165, 1.54) is 11.3 Å². The number of thiazole rings is 1. The molecule has 96 valence electrons. The molecule has 0 saturated carbocycles. The molecule has 0 spiro atoms. The molecule has 1 heterocycles. The number of rotatable bonds is 5. The second-order valence-electron chi connectivity index (χ2n) is 3.97. The smallest absolute Gasteiger partial charge is 0.319 e. The highest BCUT2D eigenvalue weighted by molar-refractivity contribution is 7.16. The fourth-order valence-corrected chi connectivity index (χ4v) is 2.31. The number of benzene rings is 1. The highest BCUT2D eigenvalue weighted by Gasteiger charge is 2.20. The van der Waals surface area contributed by atoms with Crippen molar-refractivity contribution in [2.75, 3.05) is 11.9 Å². The second kappa shape index (κ2) is 5.28. The molecule has 0 fully saturated rings. The van der Waals surface area contributed by atoms with Crippen LogP contribution < -0.4 is 11.1 Å². The first-order valence-corrected chi connectivity index (χ1v) is 6.51. The maximum atomic E-state index is 11.1. The molecule has 0 aliphatic rings. The normalized spacial score (nSPS) is 12.6. The zero-order valence-electron chi connectivity index (χ0n) is 9.92. The molecule has 1 unspecified atom stereocenters. The molecule has 0 aliphatic carbocycles. The Morgan fingerprint density at radius 1 is 1.61 bits per heavy atom. The van der Waals surface area contributed by atoms with E-state index >= 15 is 0 Å². The topological polar surface area (TPSA) is 94.1 Å². The predicted octanol–water partition coefficient (Wildman–Crippen LogP) is 2.35. The van der Waals surface area contributed by atoms with Crippen LogP contribution >= 0.6 is 11.3 Å². The number of nitro benzene ring substituents is 1. The lowest BCUT2D eigenvalue weighted by atomic mass is 10.2. The van der Waals surface area contributed by atoms with Crippen LogP contribution in [0.15, 0.2) is 17.6 Å². The van der Waals surface area contributed by atoms with Crippen LogP contribution in [0.25, 0.3) is 10.2 Å². The number of anilines is 1. The highest BCUT2D eigenvalue weighted by Crippen LogP contribution is 2.34. The number of nitrogens with two attached hydrogens (primary N) is 1. The summed E-state index contributed by atoms with van der Waals surface area (Å²) in [5.74, 6) is 0. The van der Waals surface area contributed by atoms with E-state index in [-0.39, 0.29) is 11.7 Å². The molecule has 1 aromatic carbocycles. The molecule has 18 heavy (non-hydrogen) atoms. The third-order valence-electron chi connectivity index (χ3n) is 2.74. The summed E-state index contributed by atoms with van der Waals surface area (Å²) < 4.78 is 0.812. The Bertz CT molecular complexity index is 569. The first-order chi connectivity index (χ1) is 8.63. The first kappa shape index (κ1) is 12.7. The quantitative estimate of drug-likeness (QED) is 0.640. The lowest BCUT2D eigenvalue weighted by molar-refractivity contribution is -0.382. The van der Waals surface area contributed by atoms with E-state index < -0.39 is 4.92 Å². The van der Waals surface area contributed by atoms with E-state index in [2.05, 4.69) is 10.3 Å². The van der Waals surface area contributed by atoms with Crippen LogP contribution in [0.3, 0.4) is 0 Å². The lowest BCUT2D eigenvalue weighted by Gasteiger charge is -2.11. The Morgan fingerprint density at radius 3 is 3.06 bits per heavy atom. The largest absolute Gasteiger partial charge is 0.378 e. The van der Waals surface area contributed by atoms with Gasteiger partial charge in [0.15, 0.2) is 5.52 Å². The van der Waals surface area contributed by atoms with Crippen molar-refractivity contribution in [1.82, 2.24) is 4.98 Å². The van der Waals surface area contributed by atoms with E-state index in [4.69, 9.17) is 5.73 Å². The van der Waals surface area contributed by atoms with E-state index in [0.717, 1.165) is 11.1 Å².